The lowest BCUT2D eigenvalue weighted by molar-refractivity contribution is 0.206. The smallest absolute Gasteiger partial charge is 0.170 e. The lowest BCUT2D eigenvalue weighted by Crippen LogP contribution is -2.35. The molecule has 1 saturated carbocycles. The van der Waals surface area contributed by atoms with Crippen molar-refractivity contribution in [3.8, 4) is 0 Å². The van der Waals surface area contributed by atoms with Crippen LogP contribution in [0.4, 0.5) is 4.39 Å². The Kier molecular flexibility index (Phi) is 4.83. The minimum Gasteiger partial charge on any atom is -0.409 e. The highest BCUT2D eigenvalue weighted by Crippen LogP contribution is 2.35. The van der Waals surface area contributed by atoms with E-state index in [1.54, 1.807) is 6.07 Å². The number of nitrogens with zero attached hydrogens (tertiary/aromatic N) is 1. The lowest BCUT2D eigenvalue weighted by Gasteiger charge is -2.34. The van der Waals surface area contributed by atoms with E-state index in [1.807, 2.05) is 0 Å². The second-order valence-electron chi connectivity index (χ2n) is 6.65. The van der Waals surface area contributed by atoms with Crippen molar-refractivity contribution in [3.63, 3.8) is 0 Å². The number of halogens is 1. The van der Waals surface area contributed by atoms with Crippen molar-refractivity contribution in [1.29, 1.82) is 0 Å². The van der Waals surface area contributed by atoms with Gasteiger partial charge in [0, 0.05) is 18.2 Å². The first-order valence-electron chi connectivity index (χ1n) is 7.40. The summed E-state index contributed by atoms with van der Waals surface area (Å²) >= 11 is 0. The predicted octanol–water partition coefficient (Wildman–Crippen LogP) is 2.98. The molecular formula is C16H24FN3O. The predicted molar refractivity (Wildman–Crippen MR) is 81.8 cm³/mol. The zero-order valence-corrected chi connectivity index (χ0v) is 12.7. The largest absolute Gasteiger partial charge is 0.409 e. The Morgan fingerprint density at radius 1 is 1.38 bits per heavy atom. The summed E-state index contributed by atoms with van der Waals surface area (Å²) in [6.45, 7) is 5.20. The molecule has 1 aromatic carbocycles. The van der Waals surface area contributed by atoms with Gasteiger partial charge in [0.15, 0.2) is 5.84 Å². The summed E-state index contributed by atoms with van der Waals surface area (Å²) in [5, 5.41) is 15.1. The van der Waals surface area contributed by atoms with Crippen LogP contribution in [0.1, 0.15) is 50.7 Å². The van der Waals surface area contributed by atoms with E-state index in [0.717, 1.165) is 18.4 Å². The number of oxime groups is 1. The van der Waals surface area contributed by atoms with Crippen molar-refractivity contribution in [2.75, 3.05) is 0 Å². The molecule has 0 aromatic heterocycles. The van der Waals surface area contributed by atoms with Crippen molar-refractivity contribution in [2.45, 2.75) is 52.1 Å². The minimum atomic E-state index is -0.374. The van der Waals surface area contributed by atoms with Crippen LogP contribution in [0.5, 0.6) is 0 Å². The topological polar surface area (TPSA) is 70.6 Å². The maximum atomic E-state index is 13.6. The zero-order valence-electron chi connectivity index (χ0n) is 12.7. The standard InChI is InChI=1S/C16H24FN3O/c1-16(2)5-3-14(4-6-16)19-10-11-7-12(15(18)20-21)9-13(17)8-11/h7-9,14,19,21H,3-6,10H2,1-2H3,(H2,18,20). The third kappa shape index (κ3) is 4.43. The Balaban J connectivity index is 1.96. The Morgan fingerprint density at radius 3 is 2.67 bits per heavy atom. The summed E-state index contributed by atoms with van der Waals surface area (Å²) in [5.41, 5.74) is 7.16. The third-order valence-corrected chi connectivity index (χ3v) is 4.30. The van der Waals surface area contributed by atoms with Crippen LogP contribution in [-0.4, -0.2) is 17.1 Å². The summed E-state index contributed by atoms with van der Waals surface area (Å²) < 4.78 is 13.6. The molecule has 21 heavy (non-hydrogen) atoms. The minimum absolute atomic E-state index is 0.0739. The van der Waals surface area contributed by atoms with Gasteiger partial charge in [0.25, 0.3) is 0 Å². The Labute approximate surface area is 125 Å². The van der Waals surface area contributed by atoms with Crippen LogP contribution < -0.4 is 11.1 Å². The van der Waals surface area contributed by atoms with Crippen LogP contribution in [0.3, 0.4) is 0 Å². The third-order valence-electron chi connectivity index (χ3n) is 4.30. The maximum absolute atomic E-state index is 13.6. The molecule has 0 aliphatic heterocycles. The molecule has 0 saturated heterocycles. The SMILES string of the molecule is CC1(C)CCC(NCc2cc(F)cc(/C(N)=N/O)c2)CC1. The molecule has 116 valence electrons. The van der Waals surface area contributed by atoms with E-state index < -0.39 is 0 Å². The molecule has 1 fully saturated rings. The average Bonchev–Trinajstić information content (AvgIpc) is 2.44. The van der Waals surface area contributed by atoms with Crippen molar-refractivity contribution >= 4 is 5.84 Å². The van der Waals surface area contributed by atoms with Gasteiger partial charge in [-0.2, -0.15) is 0 Å². The van der Waals surface area contributed by atoms with Crippen LogP contribution >= 0.6 is 0 Å². The Hall–Kier alpha value is -1.62. The van der Waals surface area contributed by atoms with E-state index in [1.165, 1.54) is 25.0 Å². The number of hydrogen-bond donors (Lipinski definition) is 3. The molecule has 1 aliphatic carbocycles. The van der Waals surface area contributed by atoms with Gasteiger partial charge in [-0.25, -0.2) is 4.39 Å². The summed E-state index contributed by atoms with van der Waals surface area (Å²) in [7, 11) is 0. The van der Waals surface area contributed by atoms with E-state index in [0.29, 0.717) is 23.6 Å². The lowest BCUT2D eigenvalue weighted by atomic mass is 9.75. The second-order valence-corrected chi connectivity index (χ2v) is 6.65. The average molecular weight is 293 g/mol. The molecule has 1 aliphatic rings. The van der Waals surface area contributed by atoms with Gasteiger partial charge >= 0.3 is 0 Å². The molecule has 0 radical (unpaired) electrons. The second kappa shape index (κ2) is 6.43. The fourth-order valence-corrected chi connectivity index (χ4v) is 2.82. The highest BCUT2D eigenvalue weighted by atomic mass is 19.1. The summed E-state index contributed by atoms with van der Waals surface area (Å²) in [5.74, 6) is -0.448. The van der Waals surface area contributed by atoms with Crippen LogP contribution in [0.15, 0.2) is 23.4 Å². The monoisotopic (exact) mass is 293 g/mol. The van der Waals surface area contributed by atoms with E-state index >= 15 is 0 Å². The molecule has 4 nitrogen and oxygen atoms in total. The Morgan fingerprint density at radius 2 is 2.05 bits per heavy atom. The molecule has 0 unspecified atom stereocenters. The van der Waals surface area contributed by atoms with Crippen molar-refractivity contribution < 1.29 is 9.60 Å². The van der Waals surface area contributed by atoms with Crippen molar-refractivity contribution in [2.24, 2.45) is 16.3 Å². The molecule has 0 spiro atoms. The van der Waals surface area contributed by atoms with E-state index in [9.17, 15) is 4.39 Å². The molecule has 0 bridgehead atoms. The molecular weight excluding hydrogens is 269 g/mol. The van der Waals surface area contributed by atoms with Gasteiger partial charge in [-0.05, 0) is 54.9 Å². The summed E-state index contributed by atoms with van der Waals surface area (Å²) in [6.07, 6.45) is 4.72. The first-order chi connectivity index (χ1) is 9.89. The van der Waals surface area contributed by atoms with Gasteiger partial charge in [0.1, 0.15) is 5.82 Å². The molecule has 5 heteroatoms. The van der Waals surface area contributed by atoms with Crippen LogP contribution in [-0.2, 0) is 6.54 Å². The maximum Gasteiger partial charge on any atom is 0.170 e. The molecule has 4 N–H and O–H groups in total. The zero-order chi connectivity index (χ0) is 15.5. The van der Waals surface area contributed by atoms with Gasteiger partial charge in [-0.15, -0.1) is 0 Å². The number of nitrogens with two attached hydrogens (primary N) is 1. The van der Waals surface area contributed by atoms with Gasteiger partial charge < -0.3 is 16.3 Å². The highest BCUT2D eigenvalue weighted by molar-refractivity contribution is 5.97. The molecule has 1 aromatic rings. The number of rotatable bonds is 4. The first kappa shape index (κ1) is 15.8. The summed E-state index contributed by atoms with van der Waals surface area (Å²) in [6, 6.07) is 4.97. The number of benzene rings is 1. The fourth-order valence-electron chi connectivity index (χ4n) is 2.82. The Bertz CT molecular complexity index is 518. The van der Waals surface area contributed by atoms with Gasteiger partial charge in [-0.3, -0.25) is 0 Å². The number of nitrogens with one attached hydrogen (secondary N) is 1. The normalized spacial score (nSPS) is 19.7. The van der Waals surface area contributed by atoms with E-state index in [-0.39, 0.29) is 11.7 Å². The molecule has 0 heterocycles. The fraction of sp³-hybridized carbons (Fsp3) is 0.562. The molecule has 2 rings (SSSR count). The van der Waals surface area contributed by atoms with Crippen molar-refractivity contribution in [3.05, 3.63) is 35.1 Å². The van der Waals surface area contributed by atoms with Crippen molar-refractivity contribution in [1.82, 2.24) is 5.32 Å². The van der Waals surface area contributed by atoms with E-state index in [2.05, 4.69) is 24.3 Å². The highest BCUT2D eigenvalue weighted by Gasteiger charge is 2.26. The van der Waals surface area contributed by atoms with Crippen LogP contribution in [0.25, 0.3) is 0 Å². The number of hydrogen-bond acceptors (Lipinski definition) is 3. The molecule has 0 amide bonds. The van der Waals surface area contributed by atoms with Gasteiger partial charge in [-0.1, -0.05) is 19.0 Å². The summed E-state index contributed by atoms with van der Waals surface area (Å²) in [4.78, 5) is 0. The molecule has 0 atom stereocenters. The quantitative estimate of drug-likeness (QED) is 0.346. The first-order valence-corrected chi connectivity index (χ1v) is 7.40. The number of amidine groups is 1. The van der Waals surface area contributed by atoms with Crippen LogP contribution in [0.2, 0.25) is 0 Å². The van der Waals surface area contributed by atoms with E-state index in [4.69, 9.17) is 10.9 Å². The van der Waals surface area contributed by atoms with Gasteiger partial charge in [0.2, 0.25) is 0 Å². The van der Waals surface area contributed by atoms with Crippen LogP contribution in [0, 0.1) is 11.2 Å². The van der Waals surface area contributed by atoms with Gasteiger partial charge in [0.05, 0.1) is 0 Å².